The molecule has 1 aromatic carbocycles. The molecular weight excluding hydrogens is 559 g/mol. The van der Waals surface area contributed by atoms with Crippen LogP contribution in [0.4, 0.5) is 42.1 Å². The Kier molecular flexibility index (Phi) is 7.62. The molecule has 0 unspecified atom stereocenters. The fourth-order valence-corrected chi connectivity index (χ4v) is 5.91. The first-order valence-corrected chi connectivity index (χ1v) is 15.1. The van der Waals surface area contributed by atoms with Gasteiger partial charge >= 0.3 is 6.18 Å². The van der Waals surface area contributed by atoms with Gasteiger partial charge in [0.15, 0.2) is 0 Å². The van der Waals surface area contributed by atoms with E-state index in [4.69, 9.17) is 0 Å². The Morgan fingerprint density at radius 2 is 1.79 bits per heavy atom. The van der Waals surface area contributed by atoms with Crippen molar-refractivity contribution in [1.29, 1.82) is 0 Å². The molecule has 2 N–H and O–H groups in total. The first-order valence-electron chi connectivity index (χ1n) is 11.6. The topological polar surface area (TPSA) is 137 Å². The van der Waals surface area contributed by atoms with Gasteiger partial charge < -0.3 is 10.6 Å². The van der Waals surface area contributed by atoms with Gasteiger partial charge in [0.2, 0.25) is 26.0 Å². The van der Waals surface area contributed by atoms with Crippen LogP contribution in [0.15, 0.2) is 42.6 Å². The van der Waals surface area contributed by atoms with Gasteiger partial charge in [-0.15, -0.1) is 0 Å². The van der Waals surface area contributed by atoms with Gasteiger partial charge in [0.1, 0.15) is 17.2 Å². The third kappa shape index (κ3) is 6.50. The van der Waals surface area contributed by atoms with Crippen LogP contribution in [0.3, 0.4) is 0 Å². The largest absolute Gasteiger partial charge is 0.421 e. The molecule has 39 heavy (non-hydrogen) atoms. The Morgan fingerprint density at radius 1 is 1.10 bits per heavy atom. The van der Waals surface area contributed by atoms with Gasteiger partial charge in [-0.25, -0.2) is 26.8 Å². The van der Waals surface area contributed by atoms with Crippen LogP contribution in [0.1, 0.15) is 23.2 Å². The van der Waals surface area contributed by atoms with Crippen molar-refractivity contribution < 1.29 is 30.0 Å². The van der Waals surface area contributed by atoms with Crippen molar-refractivity contribution in [2.24, 2.45) is 0 Å². The minimum atomic E-state index is -4.76. The lowest BCUT2D eigenvalue weighted by Gasteiger charge is -2.20. The number of aryl methyl sites for hydroxylation is 1. The maximum Gasteiger partial charge on any atom is 0.421 e. The minimum absolute atomic E-state index is 0.0751. The number of benzene rings is 1. The van der Waals surface area contributed by atoms with E-state index in [0.717, 1.165) is 10.6 Å². The number of pyridine rings is 1. The molecule has 0 bridgehead atoms. The van der Waals surface area contributed by atoms with Gasteiger partial charge in [0.05, 0.1) is 17.7 Å². The number of anilines is 5. The van der Waals surface area contributed by atoms with Crippen LogP contribution in [-0.4, -0.2) is 57.4 Å². The molecule has 0 aliphatic carbocycles. The number of hydrogen-bond donors (Lipinski definition) is 2. The van der Waals surface area contributed by atoms with E-state index in [1.54, 1.807) is 43.3 Å². The average molecular weight is 586 g/mol. The highest BCUT2D eigenvalue weighted by Crippen LogP contribution is 2.35. The lowest BCUT2D eigenvalue weighted by atomic mass is 10.2. The maximum atomic E-state index is 13.7. The first-order chi connectivity index (χ1) is 18.1. The summed E-state index contributed by atoms with van der Waals surface area (Å²) in [7, 11) is -5.72. The molecule has 3 aromatic rings. The van der Waals surface area contributed by atoms with Gasteiger partial charge in [-0.1, -0.05) is 6.07 Å². The van der Waals surface area contributed by atoms with Crippen LogP contribution in [0.25, 0.3) is 0 Å². The number of nitrogens with zero attached hydrogens (tertiary/aromatic N) is 5. The Hall–Kier alpha value is -3.66. The van der Waals surface area contributed by atoms with Crippen LogP contribution in [0.5, 0.6) is 0 Å². The zero-order chi connectivity index (χ0) is 28.6. The zero-order valence-electron chi connectivity index (χ0n) is 21.2. The van der Waals surface area contributed by atoms with Crippen LogP contribution in [0.2, 0.25) is 0 Å². The SMILES string of the molecule is Cc1ccc(CNc2nc(Nc3ccc(N4CCCS4(=O)=O)cc3)ncc2C(F)(F)F)c(N(C)S(C)(=O)=O)n1. The predicted molar refractivity (Wildman–Crippen MR) is 142 cm³/mol. The maximum absolute atomic E-state index is 13.7. The first kappa shape index (κ1) is 28.4. The van der Waals surface area contributed by atoms with E-state index in [9.17, 15) is 30.0 Å². The summed E-state index contributed by atoms with van der Waals surface area (Å²) < 4.78 is 91.8. The molecule has 3 heterocycles. The molecule has 0 radical (unpaired) electrons. The van der Waals surface area contributed by atoms with Crippen molar-refractivity contribution in [1.82, 2.24) is 15.0 Å². The second-order valence-electron chi connectivity index (χ2n) is 8.89. The molecule has 4 rings (SSSR count). The second kappa shape index (κ2) is 10.5. The molecule has 1 aliphatic rings. The van der Waals surface area contributed by atoms with E-state index in [0.29, 0.717) is 41.8 Å². The van der Waals surface area contributed by atoms with Gasteiger partial charge in [0.25, 0.3) is 0 Å². The molecule has 1 aliphatic heterocycles. The highest BCUT2D eigenvalue weighted by molar-refractivity contribution is 7.93. The monoisotopic (exact) mass is 585 g/mol. The Balaban J connectivity index is 1.59. The van der Waals surface area contributed by atoms with E-state index in [1.807, 2.05) is 0 Å². The lowest BCUT2D eigenvalue weighted by molar-refractivity contribution is -0.137. The zero-order valence-corrected chi connectivity index (χ0v) is 22.8. The third-order valence-electron chi connectivity index (χ3n) is 5.94. The number of rotatable bonds is 8. The smallest absolute Gasteiger partial charge is 0.365 e. The molecule has 16 heteroatoms. The van der Waals surface area contributed by atoms with E-state index < -0.39 is 37.6 Å². The standard InChI is InChI=1S/C23H26F3N7O4S2/c1-15-5-6-16(21(29-15)32(2)38(3,34)35)13-27-20-19(23(24,25)26)14-28-22(31-20)30-17-7-9-18(10-8-17)33-11-4-12-39(33,36)37/h5-10,14H,4,11-13H2,1-3H3,(H2,27,28,30,31). The number of hydrogen-bond acceptors (Lipinski definition) is 9. The second-order valence-corrected chi connectivity index (χ2v) is 12.9. The summed E-state index contributed by atoms with van der Waals surface area (Å²) in [6.45, 7) is 1.84. The molecule has 1 fully saturated rings. The molecule has 2 aromatic heterocycles. The van der Waals surface area contributed by atoms with Crippen molar-refractivity contribution in [2.45, 2.75) is 26.1 Å². The molecule has 1 saturated heterocycles. The highest BCUT2D eigenvalue weighted by Gasteiger charge is 2.35. The molecule has 11 nitrogen and oxygen atoms in total. The van der Waals surface area contributed by atoms with Crippen molar-refractivity contribution in [3.8, 4) is 0 Å². The van der Waals surface area contributed by atoms with Gasteiger partial charge in [0, 0.05) is 43.3 Å². The predicted octanol–water partition coefficient (Wildman–Crippen LogP) is 3.49. The fraction of sp³-hybridized carbons (Fsp3) is 0.348. The summed E-state index contributed by atoms with van der Waals surface area (Å²) in [4.78, 5) is 12.0. The van der Waals surface area contributed by atoms with Crippen LogP contribution < -0.4 is 19.2 Å². The Bertz CT molecular complexity index is 1580. The minimum Gasteiger partial charge on any atom is -0.365 e. The van der Waals surface area contributed by atoms with Crippen molar-refractivity contribution in [3.63, 3.8) is 0 Å². The van der Waals surface area contributed by atoms with Crippen LogP contribution in [-0.2, 0) is 32.8 Å². The summed E-state index contributed by atoms with van der Waals surface area (Å²) in [5.74, 6) is -0.505. The quantitative estimate of drug-likeness (QED) is 0.407. The third-order valence-corrected chi connectivity index (χ3v) is 8.98. The molecule has 210 valence electrons. The number of aromatic nitrogens is 3. The molecule has 0 saturated carbocycles. The van der Waals surface area contributed by atoms with Crippen molar-refractivity contribution in [2.75, 3.05) is 44.8 Å². The number of nitrogens with one attached hydrogen (secondary N) is 2. The highest BCUT2D eigenvalue weighted by atomic mass is 32.2. The normalized spacial score (nSPS) is 15.3. The van der Waals surface area contributed by atoms with Gasteiger partial charge in [-0.3, -0.25) is 8.61 Å². The molecule has 0 spiro atoms. The molecule has 0 atom stereocenters. The number of sulfonamides is 2. The van der Waals surface area contributed by atoms with Crippen LogP contribution >= 0.6 is 0 Å². The van der Waals surface area contributed by atoms with E-state index in [1.165, 1.54) is 11.4 Å². The number of halogens is 3. The van der Waals surface area contributed by atoms with Crippen LogP contribution in [0, 0.1) is 6.92 Å². The Labute approximate surface area is 224 Å². The summed E-state index contributed by atoms with van der Waals surface area (Å²) in [6.07, 6.45) is -2.60. The van der Waals surface area contributed by atoms with Crippen molar-refractivity contribution in [3.05, 3.63) is 59.4 Å². The molecule has 0 amide bonds. The Morgan fingerprint density at radius 3 is 2.38 bits per heavy atom. The summed E-state index contributed by atoms with van der Waals surface area (Å²) in [5, 5.41) is 5.46. The average Bonchev–Trinajstić information content (AvgIpc) is 3.21. The van der Waals surface area contributed by atoms with E-state index in [2.05, 4.69) is 25.6 Å². The summed E-state index contributed by atoms with van der Waals surface area (Å²) in [6, 6.07) is 9.50. The van der Waals surface area contributed by atoms with Gasteiger partial charge in [-0.2, -0.15) is 18.2 Å². The van der Waals surface area contributed by atoms with E-state index >= 15 is 0 Å². The van der Waals surface area contributed by atoms with E-state index in [-0.39, 0.29) is 24.1 Å². The summed E-state index contributed by atoms with van der Waals surface area (Å²) in [5.41, 5.74) is 0.668. The molecular formula is C23H26F3N7O4S2. The van der Waals surface area contributed by atoms with Gasteiger partial charge in [-0.05, 0) is 43.7 Å². The fourth-order valence-electron chi connectivity index (χ4n) is 3.87. The lowest BCUT2D eigenvalue weighted by Crippen LogP contribution is -2.27. The van der Waals surface area contributed by atoms with Crippen molar-refractivity contribution >= 4 is 49.0 Å². The summed E-state index contributed by atoms with van der Waals surface area (Å²) >= 11 is 0. The number of alkyl halides is 3.